The third-order valence-electron chi connectivity index (χ3n) is 10.2. The third-order valence-corrected chi connectivity index (χ3v) is 10.2. The lowest BCUT2D eigenvalue weighted by atomic mass is 9.87. The zero-order valence-corrected chi connectivity index (χ0v) is 33.7. The van der Waals surface area contributed by atoms with Gasteiger partial charge in [-0.2, -0.15) is 8.42 Å². The van der Waals surface area contributed by atoms with Gasteiger partial charge >= 0.3 is 10.4 Å². The molecular formula is C41H87NO5S. The van der Waals surface area contributed by atoms with Gasteiger partial charge < -0.3 is 5.11 Å². The lowest BCUT2D eigenvalue weighted by Crippen LogP contribution is -2.41. The molecule has 48 heavy (non-hydrogen) atoms. The number of rotatable bonds is 37. The van der Waals surface area contributed by atoms with Crippen molar-refractivity contribution in [3.05, 3.63) is 0 Å². The Kier molecular flexibility index (Phi) is 39.5. The topological polar surface area (TPSA) is 107 Å². The smallest absolute Gasteiger partial charge is 0.376 e. The average Bonchev–Trinajstić information content (AvgIpc) is 3.03. The van der Waals surface area contributed by atoms with Gasteiger partial charge in [0.1, 0.15) is 5.72 Å². The fourth-order valence-electron chi connectivity index (χ4n) is 6.97. The molecule has 0 saturated heterocycles. The van der Waals surface area contributed by atoms with Crippen LogP contribution < -0.4 is 5.32 Å². The summed E-state index contributed by atoms with van der Waals surface area (Å²) in [6.45, 7) is 6.57. The lowest BCUT2D eigenvalue weighted by molar-refractivity contribution is 0.00458. The van der Waals surface area contributed by atoms with Gasteiger partial charge in [0.05, 0.1) is 0 Å². The van der Waals surface area contributed by atoms with E-state index in [1.807, 2.05) is 14.0 Å². The summed E-state index contributed by atoms with van der Waals surface area (Å²) in [6, 6.07) is 0. The third kappa shape index (κ3) is 47.9. The van der Waals surface area contributed by atoms with Crippen molar-refractivity contribution in [2.24, 2.45) is 5.92 Å². The molecule has 0 spiro atoms. The number of hydrogen-bond acceptors (Lipinski definition) is 4. The van der Waals surface area contributed by atoms with Crippen molar-refractivity contribution in [1.29, 1.82) is 0 Å². The molecule has 0 radical (unpaired) electrons. The Bertz CT molecular complexity index is 672. The number of nitrogens with one attached hydrogen (secondary N) is 1. The molecule has 7 heteroatoms. The van der Waals surface area contributed by atoms with Crippen LogP contribution in [0.15, 0.2) is 0 Å². The molecule has 0 rings (SSSR count). The summed E-state index contributed by atoms with van der Waals surface area (Å²) >= 11 is 0. The Labute approximate surface area is 301 Å². The van der Waals surface area contributed by atoms with Crippen LogP contribution in [0, 0.1) is 5.92 Å². The average molecular weight is 706 g/mol. The molecule has 0 aromatic rings. The largest absolute Gasteiger partial charge is 0.394 e. The fraction of sp³-hybridized carbons (Fsp3) is 1.00. The number of hydrogen-bond donors (Lipinski definition) is 4. The second-order valence-corrected chi connectivity index (χ2v) is 16.1. The molecule has 0 heterocycles. The standard InChI is InChI=1S/C41H85NO.H2O4S/c1-5-7-9-11-13-15-17-19-21-23-25-27-29-31-33-35-37-40(39-41(3,43)42-4)38-36-34-32-30-28-26-24-22-20-18-16-14-12-10-8-6-2;1-5(2,3)4/h40,42-43H,5-39H2,1-4H3;(H2,1,2,3,4). The van der Waals surface area contributed by atoms with Gasteiger partial charge in [-0.25, -0.2) is 0 Å². The molecule has 0 fully saturated rings. The number of aliphatic hydroxyl groups is 1. The predicted octanol–water partition coefficient (Wildman–Crippen LogP) is 13.6. The van der Waals surface area contributed by atoms with Crippen LogP contribution in [0.2, 0.25) is 0 Å². The van der Waals surface area contributed by atoms with Gasteiger partial charge in [0.25, 0.3) is 0 Å². The van der Waals surface area contributed by atoms with Crippen molar-refractivity contribution in [3.8, 4) is 0 Å². The maximum Gasteiger partial charge on any atom is 0.394 e. The normalized spacial score (nSPS) is 13.1. The first-order valence-electron chi connectivity index (χ1n) is 21.2. The summed E-state index contributed by atoms with van der Waals surface area (Å²) in [4.78, 5) is 0. The molecule has 0 aromatic heterocycles. The lowest BCUT2D eigenvalue weighted by Gasteiger charge is -2.28. The van der Waals surface area contributed by atoms with Crippen molar-refractivity contribution in [1.82, 2.24) is 5.32 Å². The highest BCUT2D eigenvalue weighted by Gasteiger charge is 2.23. The highest BCUT2D eigenvalue weighted by Crippen LogP contribution is 2.26. The zero-order chi connectivity index (χ0) is 36.0. The van der Waals surface area contributed by atoms with Crippen LogP contribution in [-0.2, 0) is 10.4 Å². The van der Waals surface area contributed by atoms with Gasteiger partial charge in [-0.15, -0.1) is 0 Å². The Morgan fingerprint density at radius 3 is 0.833 bits per heavy atom. The van der Waals surface area contributed by atoms with Gasteiger partial charge in [0.2, 0.25) is 0 Å². The highest BCUT2D eigenvalue weighted by molar-refractivity contribution is 7.79. The van der Waals surface area contributed by atoms with Crippen LogP contribution in [0.25, 0.3) is 0 Å². The van der Waals surface area contributed by atoms with Crippen LogP contribution in [0.5, 0.6) is 0 Å². The first kappa shape index (κ1) is 49.9. The second kappa shape index (κ2) is 38.0. The van der Waals surface area contributed by atoms with Crippen molar-refractivity contribution in [3.63, 3.8) is 0 Å². The summed E-state index contributed by atoms with van der Waals surface area (Å²) in [6.07, 6.45) is 49.4. The SMILES string of the molecule is CCCCCCCCCCCCCCCCCCC(CCCCCCCCCCCCCCCCCC)CC(C)(O)NC.O=S(=O)(O)O. The molecule has 0 aromatic carbocycles. The monoisotopic (exact) mass is 706 g/mol. The van der Waals surface area contributed by atoms with Crippen molar-refractivity contribution in [2.45, 2.75) is 251 Å². The van der Waals surface area contributed by atoms with Gasteiger partial charge in [-0.1, -0.05) is 232 Å². The molecule has 0 aliphatic heterocycles. The minimum absolute atomic E-state index is 0.667. The van der Waals surface area contributed by atoms with Gasteiger partial charge in [-0.05, 0) is 26.3 Å². The molecule has 0 aliphatic carbocycles. The van der Waals surface area contributed by atoms with Crippen LogP contribution in [0.3, 0.4) is 0 Å². The van der Waals surface area contributed by atoms with Gasteiger partial charge in [-0.3, -0.25) is 14.4 Å². The fourth-order valence-corrected chi connectivity index (χ4v) is 6.97. The Morgan fingerprint density at radius 2 is 0.646 bits per heavy atom. The summed E-state index contributed by atoms with van der Waals surface area (Å²) < 4.78 is 31.6. The van der Waals surface area contributed by atoms with Gasteiger partial charge in [0.15, 0.2) is 0 Å². The van der Waals surface area contributed by atoms with E-state index in [-0.39, 0.29) is 0 Å². The quantitative estimate of drug-likeness (QED) is 0.0291. The van der Waals surface area contributed by atoms with Crippen LogP contribution in [0.4, 0.5) is 0 Å². The highest BCUT2D eigenvalue weighted by atomic mass is 32.3. The number of unbranched alkanes of at least 4 members (excludes halogenated alkanes) is 30. The molecule has 6 nitrogen and oxygen atoms in total. The molecule has 1 atom stereocenters. The Hall–Kier alpha value is -0.210. The Balaban J connectivity index is 0. The molecule has 4 N–H and O–H groups in total. The van der Waals surface area contributed by atoms with E-state index in [0.717, 1.165) is 6.42 Å². The summed E-state index contributed by atoms with van der Waals surface area (Å²) in [7, 11) is -2.76. The van der Waals surface area contributed by atoms with Crippen LogP contribution >= 0.6 is 0 Å². The molecular weight excluding hydrogens is 619 g/mol. The first-order chi connectivity index (χ1) is 23.1. The molecule has 1 unspecified atom stereocenters. The molecule has 0 bridgehead atoms. The van der Waals surface area contributed by atoms with E-state index in [1.165, 1.54) is 218 Å². The second-order valence-electron chi connectivity index (χ2n) is 15.2. The van der Waals surface area contributed by atoms with Crippen molar-refractivity contribution < 1.29 is 22.6 Å². The maximum absolute atomic E-state index is 10.7. The van der Waals surface area contributed by atoms with Crippen molar-refractivity contribution >= 4 is 10.4 Å². The maximum atomic E-state index is 10.7. The summed E-state index contributed by atoms with van der Waals surface area (Å²) in [5.74, 6) is 0.667. The summed E-state index contributed by atoms with van der Waals surface area (Å²) in [5.41, 5.74) is -0.714. The minimum Gasteiger partial charge on any atom is -0.376 e. The van der Waals surface area contributed by atoms with Gasteiger partial charge in [0, 0.05) is 0 Å². The van der Waals surface area contributed by atoms with E-state index >= 15 is 0 Å². The van der Waals surface area contributed by atoms with E-state index < -0.39 is 16.1 Å². The van der Waals surface area contributed by atoms with E-state index in [4.69, 9.17) is 17.5 Å². The zero-order valence-electron chi connectivity index (χ0n) is 32.9. The van der Waals surface area contributed by atoms with E-state index in [9.17, 15) is 5.11 Å². The van der Waals surface area contributed by atoms with Crippen LogP contribution in [0.1, 0.15) is 245 Å². The summed E-state index contributed by atoms with van der Waals surface area (Å²) in [5, 5.41) is 13.8. The molecule has 0 saturated carbocycles. The molecule has 0 aliphatic rings. The van der Waals surface area contributed by atoms with E-state index in [2.05, 4.69) is 19.2 Å². The van der Waals surface area contributed by atoms with Crippen LogP contribution in [-0.4, -0.2) is 35.4 Å². The Morgan fingerprint density at radius 1 is 0.458 bits per heavy atom. The first-order valence-corrected chi connectivity index (χ1v) is 22.6. The molecule has 0 amide bonds. The molecule has 292 valence electrons. The predicted molar refractivity (Wildman–Crippen MR) is 210 cm³/mol. The van der Waals surface area contributed by atoms with Crippen molar-refractivity contribution in [2.75, 3.05) is 7.05 Å². The van der Waals surface area contributed by atoms with E-state index in [0.29, 0.717) is 5.92 Å². The minimum atomic E-state index is -4.67. The van der Waals surface area contributed by atoms with E-state index in [1.54, 1.807) is 0 Å².